The van der Waals surface area contributed by atoms with Crippen LogP contribution in [0.2, 0.25) is 0 Å². The van der Waals surface area contributed by atoms with E-state index in [9.17, 15) is 0 Å². The van der Waals surface area contributed by atoms with Crippen molar-refractivity contribution in [3.8, 4) is 0 Å². The zero-order valence-electron chi connectivity index (χ0n) is 8.42. The fourth-order valence-electron chi connectivity index (χ4n) is 0. The third kappa shape index (κ3) is 327. The monoisotopic (exact) mass is 1160 g/mol. The average Bonchev–Trinajstić information content (AvgIpc) is 0. The Labute approximate surface area is 226 Å². The van der Waals surface area contributed by atoms with Gasteiger partial charge in [0, 0.05) is 54.8 Å². The van der Waals surface area contributed by atoms with Gasteiger partial charge in [0.2, 0.25) is 0 Å². The summed E-state index contributed by atoms with van der Waals surface area (Å²) in [6, 6.07) is 0. The molecule has 84 valence electrons. The molecule has 0 fully saturated rings. The molecule has 0 saturated heterocycles. The van der Waals surface area contributed by atoms with Crippen LogP contribution in [0.4, 0.5) is 0 Å². The van der Waals surface area contributed by atoms with Crippen molar-refractivity contribution in [2.24, 2.45) is 0 Å². The van der Waals surface area contributed by atoms with Crippen molar-refractivity contribution in [2.75, 3.05) is 0 Å². The molecule has 0 atom stereocenters. The molecule has 0 aliphatic heterocycles. The van der Waals surface area contributed by atoms with Crippen molar-refractivity contribution in [3.63, 3.8) is 0 Å². The first-order chi connectivity index (χ1) is 0. The summed E-state index contributed by atoms with van der Waals surface area (Å²) < 4.78 is 0. The van der Waals surface area contributed by atoms with Crippen molar-refractivity contribution >= 4 is 54.8 Å². The van der Waals surface area contributed by atoms with Gasteiger partial charge in [-0.25, -0.2) is 0 Å². The maximum atomic E-state index is 0. The predicted molar refractivity (Wildman–Crippen MR) is 45.0 cm³/mol. The summed E-state index contributed by atoms with van der Waals surface area (Å²) in [6.07, 6.45) is 0. The van der Waals surface area contributed by atoms with Gasteiger partial charge in [0.05, 0.1) is 0 Å². The van der Waals surface area contributed by atoms with Crippen LogP contribution in [0, 0.1) is 0 Å². The molecule has 0 aromatic rings. The molecule has 0 spiro atoms. The Kier molecular flexibility index (Phi) is 9050. The summed E-state index contributed by atoms with van der Waals surface area (Å²) in [5.41, 5.74) is 0. The second-order valence-electron chi connectivity index (χ2n) is 0. The molecule has 0 rings (SSSR count). The Hall–Kier alpha value is 5.12. The summed E-state index contributed by atoms with van der Waals surface area (Å²) in [4.78, 5) is 0. The van der Waals surface area contributed by atoms with Crippen molar-refractivity contribution in [3.05, 3.63) is 24.6 Å². The third-order valence-electron chi connectivity index (χ3n) is 0. The van der Waals surface area contributed by atoms with Gasteiger partial charge in [-0.05, 0) is 0 Å². The fourth-order valence-corrected chi connectivity index (χ4v) is 0. The maximum absolute atomic E-state index is 0. The molecule has 0 heterocycles. The Bertz CT molecular complexity index is 35.8. The van der Waals surface area contributed by atoms with Crippen LogP contribution in [-0.4, -0.2) is 54.8 Å². The number of hydrogen-bond donors (Lipinski definition) is 0. The maximum Gasteiger partial charge on any atom is 4.00 e. The molecule has 0 aromatic heterocycles. The number of hydrogen-bond acceptors (Lipinski definition) is 0. The molecule has 0 bridgehead atoms. The van der Waals surface area contributed by atoms with Crippen molar-refractivity contribution in [1.29, 1.82) is 0 Å². The quantitative estimate of drug-likeness (QED) is 0.259. The first-order valence-electron chi connectivity index (χ1n) is 0. The van der Waals surface area contributed by atoms with E-state index in [2.05, 4.69) is 0 Å². The van der Waals surface area contributed by atoms with Gasteiger partial charge in [0.15, 0.2) is 0 Å². The second kappa shape index (κ2) is 377. The van der Waals surface area contributed by atoms with Crippen LogP contribution in [0.25, 0.3) is 24.6 Å². The topological polar surface area (TPSA) is 236 Å². The second-order valence-corrected chi connectivity index (χ2v) is 0. The SMILES string of the molecule is [Hf+4].[Hf+4].[Hf+4].[Hf+4].[Hf+4].[N-3].[N-3].[N-3].[N-3].[O-2].[O-2].[O-2].[O-2].[Si].[Si].[Si].[Si].[Si]. The van der Waals surface area contributed by atoms with E-state index in [1.807, 2.05) is 0 Å². The molecule has 20 radical (unpaired) electrons. The number of rotatable bonds is 0. The molecule has 0 aliphatic carbocycles. The minimum absolute atomic E-state index is 0. The van der Waals surface area contributed by atoms with Gasteiger partial charge in [-0.1, -0.05) is 0 Å². The number of nitrogens with zero attached hydrogens (tertiary/aromatic N) is 4. The third-order valence-corrected chi connectivity index (χ3v) is 0. The Morgan fingerprint density at radius 2 is 0.222 bits per heavy atom. The van der Waals surface area contributed by atoms with Gasteiger partial charge in [-0.15, -0.1) is 0 Å². The minimum atomic E-state index is 0. The van der Waals surface area contributed by atoms with E-state index >= 15 is 0 Å². The van der Waals surface area contributed by atoms with E-state index in [0.717, 1.165) is 0 Å². The van der Waals surface area contributed by atoms with Gasteiger partial charge in [0.1, 0.15) is 0 Å². The molecule has 0 saturated carbocycles. The summed E-state index contributed by atoms with van der Waals surface area (Å²) in [7, 11) is 0. The Morgan fingerprint density at radius 3 is 0.222 bits per heavy atom. The van der Waals surface area contributed by atoms with Gasteiger partial charge < -0.3 is 46.5 Å². The Morgan fingerprint density at radius 1 is 0.222 bits per heavy atom. The molecule has 18 heteroatoms. The van der Waals surface area contributed by atoms with Crippen LogP contribution in [0.5, 0.6) is 0 Å². The minimum Gasteiger partial charge on any atom is -3.00 e. The summed E-state index contributed by atoms with van der Waals surface area (Å²) in [6.45, 7) is 0. The average molecular weight is 1150 g/mol. The van der Waals surface area contributed by atoms with Crippen molar-refractivity contribution in [1.82, 2.24) is 0 Å². The normalized spacial score (nSPS) is 0. The standard InChI is InChI=1S/5Hf.4N.4O.5Si/q5*+4;4*-3;4*-2;;;;;. The van der Waals surface area contributed by atoms with E-state index in [1.54, 1.807) is 0 Å². The molecule has 0 unspecified atom stereocenters. The van der Waals surface area contributed by atoms with Gasteiger partial charge in [0.25, 0.3) is 0 Å². The Balaban J connectivity index is 0. The molecule has 0 aromatic carbocycles. The molecule has 18 heavy (non-hydrogen) atoms. The van der Waals surface area contributed by atoms with Crippen LogP contribution in [0.3, 0.4) is 0 Å². The largest absolute Gasteiger partial charge is 4.00 e. The molecule has 0 N–H and O–H groups in total. The van der Waals surface area contributed by atoms with Crippen LogP contribution in [0.15, 0.2) is 0 Å². The van der Waals surface area contributed by atoms with Crippen LogP contribution in [-0.2, 0) is 151 Å². The van der Waals surface area contributed by atoms with E-state index < -0.39 is 0 Å². The van der Waals surface area contributed by atoms with Crippen molar-refractivity contribution in [2.45, 2.75) is 0 Å². The first kappa shape index (κ1) is 432. The molecular formula is Hf5N4O4Si5. The van der Waals surface area contributed by atoms with E-state index in [-0.39, 0.29) is 231 Å². The van der Waals surface area contributed by atoms with E-state index in [0.29, 0.717) is 0 Å². The molecule has 8 nitrogen and oxygen atoms in total. The van der Waals surface area contributed by atoms with Crippen molar-refractivity contribution < 1.29 is 151 Å². The molecular weight excluding hydrogens is 1150 g/mol. The van der Waals surface area contributed by atoms with Crippen LogP contribution >= 0.6 is 0 Å². The van der Waals surface area contributed by atoms with Crippen LogP contribution < -0.4 is 0 Å². The van der Waals surface area contributed by atoms with Crippen LogP contribution in [0.1, 0.15) is 0 Å². The summed E-state index contributed by atoms with van der Waals surface area (Å²) in [5.74, 6) is 0. The molecule has 0 amide bonds. The zero-order chi connectivity index (χ0) is 0. The molecule has 0 aliphatic rings. The zero-order valence-corrected chi connectivity index (χ0v) is 31.4. The first-order valence-corrected chi connectivity index (χ1v) is 0. The van der Waals surface area contributed by atoms with Gasteiger partial charge >= 0.3 is 129 Å². The van der Waals surface area contributed by atoms with E-state index in [1.165, 1.54) is 0 Å². The van der Waals surface area contributed by atoms with Gasteiger partial charge in [-0.3, -0.25) is 0 Å². The summed E-state index contributed by atoms with van der Waals surface area (Å²) >= 11 is 0. The fraction of sp³-hybridized carbons (Fsp3) is 0. The smallest absolute Gasteiger partial charge is 3.00 e. The summed E-state index contributed by atoms with van der Waals surface area (Å²) in [5, 5.41) is 0. The van der Waals surface area contributed by atoms with E-state index in [4.69, 9.17) is 0 Å². The predicted octanol–water partition coefficient (Wildman–Crippen LogP) is -1.24. The van der Waals surface area contributed by atoms with Gasteiger partial charge in [-0.2, -0.15) is 0 Å².